The lowest BCUT2D eigenvalue weighted by Gasteiger charge is -2.04. The van der Waals surface area contributed by atoms with Gasteiger partial charge in [-0.1, -0.05) is 30.4 Å². The standard InChI is InChI=1S/C13H15ClN2OS/c1-2-8-17-11-5-3-4-10(9-11)13-16-15-12(18-13)6-7-14/h3-5,9H,2,6-8H2,1H3. The van der Waals surface area contributed by atoms with Gasteiger partial charge >= 0.3 is 0 Å². The molecule has 0 N–H and O–H groups in total. The van der Waals surface area contributed by atoms with Gasteiger partial charge < -0.3 is 4.74 Å². The summed E-state index contributed by atoms with van der Waals surface area (Å²) < 4.78 is 5.61. The summed E-state index contributed by atoms with van der Waals surface area (Å²) in [5, 5.41) is 10.2. The number of alkyl halides is 1. The zero-order valence-electron chi connectivity index (χ0n) is 10.2. The van der Waals surface area contributed by atoms with Crippen LogP contribution in [0.4, 0.5) is 0 Å². The van der Waals surface area contributed by atoms with Crippen LogP contribution in [0.2, 0.25) is 0 Å². The molecule has 18 heavy (non-hydrogen) atoms. The quantitative estimate of drug-likeness (QED) is 0.757. The van der Waals surface area contributed by atoms with Gasteiger partial charge in [-0.05, 0) is 18.6 Å². The normalized spacial score (nSPS) is 10.6. The van der Waals surface area contributed by atoms with E-state index in [2.05, 4.69) is 17.1 Å². The van der Waals surface area contributed by atoms with Crippen LogP contribution < -0.4 is 4.74 Å². The maximum absolute atomic E-state index is 5.69. The summed E-state index contributed by atoms with van der Waals surface area (Å²) in [6, 6.07) is 7.95. The molecule has 0 aliphatic rings. The highest BCUT2D eigenvalue weighted by atomic mass is 35.5. The second-order valence-electron chi connectivity index (χ2n) is 3.82. The van der Waals surface area contributed by atoms with Crippen LogP contribution in [0, 0.1) is 0 Å². The molecule has 0 fully saturated rings. The van der Waals surface area contributed by atoms with Crippen LogP contribution in [-0.2, 0) is 6.42 Å². The van der Waals surface area contributed by atoms with E-state index in [0.29, 0.717) is 5.88 Å². The summed E-state index contributed by atoms with van der Waals surface area (Å²) in [6.45, 7) is 2.82. The van der Waals surface area contributed by atoms with Gasteiger partial charge in [-0.15, -0.1) is 21.8 Å². The fourth-order valence-electron chi connectivity index (χ4n) is 1.49. The topological polar surface area (TPSA) is 35.0 Å². The van der Waals surface area contributed by atoms with Crippen LogP contribution in [0.25, 0.3) is 10.6 Å². The van der Waals surface area contributed by atoms with Crippen molar-refractivity contribution in [2.75, 3.05) is 12.5 Å². The van der Waals surface area contributed by atoms with Crippen LogP contribution in [0.1, 0.15) is 18.4 Å². The van der Waals surface area contributed by atoms with Gasteiger partial charge in [0.25, 0.3) is 0 Å². The van der Waals surface area contributed by atoms with Crippen molar-refractivity contribution in [3.8, 4) is 16.3 Å². The van der Waals surface area contributed by atoms with Gasteiger partial charge in [0, 0.05) is 17.9 Å². The van der Waals surface area contributed by atoms with E-state index in [4.69, 9.17) is 16.3 Å². The molecule has 0 radical (unpaired) electrons. The Kier molecular flexibility index (Phi) is 4.96. The summed E-state index contributed by atoms with van der Waals surface area (Å²) in [5.41, 5.74) is 1.04. The molecule has 0 amide bonds. The minimum Gasteiger partial charge on any atom is -0.494 e. The number of aromatic nitrogens is 2. The smallest absolute Gasteiger partial charge is 0.147 e. The Morgan fingerprint density at radius 3 is 3.00 bits per heavy atom. The summed E-state index contributed by atoms with van der Waals surface area (Å²) >= 11 is 7.27. The average molecular weight is 283 g/mol. The highest BCUT2D eigenvalue weighted by molar-refractivity contribution is 7.14. The van der Waals surface area contributed by atoms with E-state index in [1.807, 2.05) is 24.3 Å². The molecule has 0 saturated carbocycles. The van der Waals surface area contributed by atoms with Gasteiger partial charge in [0.2, 0.25) is 0 Å². The average Bonchev–Trinajstić information content (AvgIpc) is 2.86. The highest BCUT2D eigenvalue weighted by Gasteiger charge is 2.07. The van der Waals surface area contributed by atoms with Crippen LogP contribution >= 0.6 is 22.9 Å². The third-order valence-corrected chi connectivity index (χ3v) is 3.55. The Morgan fingerprint density at radius 2 is 2.22 bits per heavy atom. The summed E-state index contributed by atoms with van der Waals surface area (Å²) in [7, 11) is 0. The van der Waals surface area contributed by atoms with Gasteiger partial charge in [-0.2, -0.15) is 0 Å². The Labute approximate surface area is 116 Å². The number of hydrogen-bond acceptors (Lipinski definition) is 4. The van der Waals surface area contributed by atoms with Crippen molar-refractivity contribution in [3.63, 3.8) is 0 Å². The lowest BCUT2D eigenvalue weighted by molar-refractivity contribution is 0.317. The SMILES string of the molecule is CCCOc1cccc(-c2nnc(CCCl)s2)c1. The molecule has 2 aromatic rings. The molecule has 2 rings (SSSR count). The van der Waals surface area contributed by atoms with E-state index < -0.39 is 0 Å². The predicted molar refractivity (Wildman–Crippen MR) is 75.6 cm³/mol. The van der Waals surface area contributed by atoms with E-state index in [0.717, 1.165) is 40.8 Å². The summed E-state index contributed by atoms with van der Waals surface area (Å²) in [4.78, 5) is 0. The van der Waals surface area contributed by atoms with Gasteiger partial charge in [0.05, 0.1) is 6.61 Å². The van der Waals surface area contributed by atoms with Crippen molar-refractivity contribution in [3.05, 3.63) is 29.3 Å². The molecular weight excluding hydrogens is 268 g/mol. The Morgan fingerprint density at radius 1 is 1.33 bits per heavy atom. The molecule has 1 heterocycles. The zero-order valence-corrected chi connectivity index (χ0v) is 11.8. The van der Waals surface area contributed by atoms with Gasteiger partial charge in [-0.25, -0.2) is 0 Å². The first-order chi connectivity index (χ1) is 8.83. The van der Waals surface area contributed by atoms with Crippen LogP contribution in [-0.4, -0.2) is 22.7 Å². The minimum absolute atomic E-state index is 0.578. The first-order valence-electron chi connectivity index (χ1n) is 5.95. The number of halogens is 1. The monoisotopic (exact) mass is 282 g/mol. The van der Waals surface area contributed by atoms with E-state index >= 15 is 0 Å². The zero-order chi connectivity index (χ0) is 12.8. The molecule has 0 aliphatic carbocycles. The van der Waals surface area contributed by atoms with Crippen molar-refractivity contribution in [2.24, 2.45) is 0 Å². The second-order valence-corrected chi connectivity index (χ2v) is 5.26. The fraction of sp³-hybridized carbons (Fsp3) is 0.385. The van der Waals surface area contributed by atoms with Crippen molar-refractivity contribution >= 4 is 22.9 Å². The second kappa shape index (κ2) is 6.71. The van der Waals surface area contributed by atoms with Crippen molar-refractivity contribution in [1.82, 2.24) is 10.2 Å². The lowest BCUT2D eigenvalue weighted by atomic mass is 10.2. The number of nitrogens with zero attached hydrogens (tertiary/aromatic N) is 2. The van der Waals surface area contributed by atoms with Crippen LogP contribution in [0.3, 0.4) is 0 Å². The number of aryl methyl sites for hydroxylation is 1. The first-order valence-corrected chi connectivity index (χ1v) is 7.30. The molecule has 0 saturated heterocycles. The molecule has 96 valence electrons. The Balaban J connectivity index is 2.15. The predicted octanol–water partition coefficient (Wildman–Crippen LogP) is 3.78. The minimum atomic E-state index is 0.578. The van der Waals surface area contributed by atoms with Crippen LogP contribution in [0.5, 0.6) is 5.75 Å². The Hall–Kier alpha value is -1.13. The molecule has 1 aromatic heterocycles. The third-order valence-electron chi connectivity index (χ3n) is 2.33. The molecule has 5 heteroatoms. The van der Waals surface area contributed by atoms with Gasteiger partial charge in [-0.3, -0.25) is 0 Å². The molecular formula is C13H15ClN2OS. The molecule has 0 spiro atoms. The highest BCUT2D eigenvalue weighted by Crippen LogP contribution is 2.27. The maximum Gasteiger partial charge on any atom is 0.147 e. The Bertz CT molecular complexity index is 501. The fourth-order valence-corrected chi connectivity index (χ4v) is 2.62. The van der Waals surface area contributed by atoms with E-state index in [1.165, 1.54) is 0 Å². The van der Waals surface area contributed by atoms with Gasteiger partial charge in [0.15, 0.2) is 0 Å². The largest absolute Gasteiger partial charge is 0.494 e. The molecule has 0 bridgehead atoms. The number of ether oxygens (including phenoxy) is 1. The van der Waals surface area contributed by atoms with Crippen molar-refractivity contribution in [2.45, 2.75) is 19.8 Å². The summed E-state index contributed by atoms with van der Waals surface area (Å²) in [6.07, 6.45) is 1.77. The van der Waals surface area contributed by atoms with Gasteiger partial charge in [0.1, 0.15) is 15.8 Å². The number of hydrogen-bond donors (Lipinski definition) is 0. The molecule has 3 nitrogen and oxygen atoms in total. The van der Waals surface area contributed by atoms with E-state index in [-0.39, 0.29) is 0 Å². The number of rotatable bonds is 6. The first kappa shape index (κ1) is 13.3. The number of benzene rings is 1. The van der Waals surface area contributed by atoms with Crippen LogP contribution in [0.15, 0.2) is 24.3 Å². The molecule has 0 aliphatic heterocycles. The molecule has 0 unspecified atom stereocenters. The molecule has 0 atom stereocenters. The van der Waals surface area contributed by atoms with E-state index in [1.54, 1.807) is 11.3 Å². The third kappa shape index (κ3) is 3.43. The lowest BCUT2D eigenvalue weighted by Crippen LogP contribution is -1.94. The van der Waals surface area contributed by atoms with E-state index in [9.17, 15) is 0 Å². The van der Waals surface area contributed by atoms with Crippen molar-refractivity contribution in [1.29, 1.82) is 0 Å². The maximum atomic E-state index is 5.69. The molecule has 1 aromatic carbocycles. The summed E-state index contributed by atoms with van der Waals surface area (Å²) in [5.74, 6) is 1.46. The van der Waals surface area contributed by atoms with Crippen molar-refractivity contribution < 1.29 is 4.74 Å².